The summed E-state index contributed by atoms with van der Waals surface area (Å²) < 4.78 is 5.26. The van der Waals surface area contributed by atoms with E-state index < -0.39 is 5.41 Å². The molecule has 102 valence electrons. The number of hydrogen-bond donors (Lipinski definition) is 1. The van der Waals surface area contributed by atoms with Crippen LogP contribution in [0.4, 0.5) is 5.69 Å². The Hall–Kier alpha value is -1.39. The molecule has 1 N–H and O–H groups in total. The van der Waals surface area contributed by atoms with Gasteiger partial charge in [-0.1, -0.05) is 12.1 Å². The standard InChI is InChI=1S/C15H19NO3/c1-14(2)11-6-10(15(7-17)8-19-9-15)4-5-12(11)16(3)13(14)18/h4-6,17H,7-9H2,1-3H3. The molecule has 0 aromatic heterocycles. The highest BCUT2D eigenvalue weighted by molar-refractivity contribution is 6.07. The topological polar surface area (TPSA) is 49.8 Å². The minimum Gasteiger partial charge on any atom is -0.395 e. The summed E-state index contributed by atoms with van der Waals surface area (Å²) in [5.41, 5.74) is 2.29. The van der Waals surface area contributed by atoms with Crippen LogP contribution in [-0.4, -0.2) is 37.9 Å². The summed E-state index contributed by atoms with van der Waals surface area (Å²) in [5.74, 6) is 0.113. The molecule has 0 saturated carbocycles. The first-order chi connectivity index (χ1) is 8.92. The van der Waals surface area contributed by atoms with Crippen molar-refractivity contribution in [2.75, 3.05) is 31.8 Å². The van der Waals surface area contributed by atoms with E-state index in [9.17, 15) is 9.90 Å². The van der Waals surface area contributed by atoms with E-state index in [0.717, 1.165) is 16.8 Å². The van der Waals surface area contributed by atoms with E-state index in [1.165, 1.54) is 0 Å². The molecule has 2 heterocycles. The van der Waals surface area contributed by atoms with Crippen molar-refractivity contribution in [1.82, 2.24) is 0 Å². The van der Waals surface area contributed by atoms with Crippen LogP contribution in [0.3, 0.4) is 0 Å². The lowest BCUT2D eigenvalue weighted by molar-refractivity contribution is -0.121. The number of rotatable bonds is 2. The smallest absolute Gasteiger partial charge is 0.236 e. The molecular formula is C15H19NO3. The number of anilines is 1. The molecule has 0 unspecified atom stereocenters. The Morgan fingerprint density at radius 1 is 1.37 bits per heavy atom. The van der Waals surface area contributed by atoms with E-state index in [4.69, 9.17) is 4.74 Å². The molecule has 2 aliphatic rings. The molecule has 19 heavy (non-hydrogen) atoms. The molecular weight excluding hydrogens is 242 g/mol. The summed E-state index contributed by atoms with van der Waals surface area (Å²) in [6.07, 6.45) is 0. The lowest BCUT2D eigenvalue weighted by atomic mass is 9.76. The number of aliphatic hydroxyl groups excluding tert-OH is 1. The van der Waals surface area contributed by atoms with E-state index in [0.29, 0.717) is 13.2 Å². The Kier molecular flexibility index (Phi) is 2.53. The first kappa shape index (κ1) is 12.6. The van der Waals surface area contributed by atoms with Gasteiger partial charge >= 0.3 is 0 Å². The second kappa shape index (κ2) is 3.81. The lowest BCUT2D eigenvalue weighted by Gasteiger charge is -2.40. The zero-order valence-corrected chi connectivity index (χ0v) is 11.6. The maximum absolute atomic E-state index is 12.2. The monoisotopic (exact) mass is 261 g/mol. The molecule has 2 aliphatic heterocycles. The van der Waals surface area contributed by atoms with Crippen molar-refractivity contribution in [3.63, 3.8) is 0 Å². The summed E-state index contributed by atoms with van der Waals surface area (Å²) in [4.78, 5) is 14.0. The Morgan fingerprint density at radius 3 is 2.58 bits per heavy atom. The number of fused-ring (bicyclic) bond motifs is 1. The highest BCUT2D eigenvalue weighted by Crippen LogP contribution is 2.43. The van der Waals surface area contributed by atoms with Crippen LogP contribution in [0.15, 0.2) is 18.2 Å². The van der Waals surface area contributed by atoms with Crippen molar-refractivity contribution < 1.29 is 14.6 Å². The average molecular weight is 261 g/mol. The van der Waals surface area contributed by atoms with Crippen LogP contribution in [0.5, 0.6) is 0 Å². The van der Waals surface area contributed by atoms with Gasteiger partial charge in [-0.15, -0.1) is 0 Å². The van der Waals surface area contributed by atoms with Gasteiger partial charge in [0.1, 0.15) is 0 Å². The third-order valence-corrected chi connectivity index (χ3v) is 4.54. The van der Waals surface area contributed by atoms with Crippen LogP contribution >= 0.6 is 0 Å². The summed E-state index contributed by atoms with van der Waals surface area (Å²) >= 11 is 0. The van der Waals surface area contributed by atoms with E-state index in [-0.39, 0.29) is 17.9 Å². The molecule has 3 rings (SSSR count). The molecule has 4 heteroatoms. The summed E-state index contributed by atoms with van der Waals surface area (Å²) in [6, 6.07) is 6.05. The van der Waals surface area contributed by atoms with Crippen molar-refractivity contribution in [2.24, 2.45) is 0 Å². The molecule has 1 aromatic carbocycles. The van der Waals surface area contributed by atoms with Crippen LogP contribution in [-0.2, 0) is 20.4 Å². The minimum absolute atomic E-state index is 0.0794. The quantitative estimate of drug-likeness (QED) is 0.870. The predicted octanol–water partition coefficient (Wildman–Crippen LogP) is 1.20. The van der Waals surface area contributed by atoms with E-state index in [2.05, 4.69) is 6.07 Å². The van der Waals surface area contributed by atoms with Gasteiger partial charge < -0.3 is 14.7 Å². The molecule has 1 amide bonds. The minimum atomic E-state index is -0.499. The van der Waals surface area contributed by atoms with Gasteiger partial charge in [0.25, 0.3) is 0 Å². The Bertz CT molecular complexity index is 541. The van der Waals surface area contributed by atoms with Crippen LogP contribution in [0.1, 0.15) is 25.0 Å². The average Bonchev–Trinajstić information content (AvgIpc) is 2.51. The third kappa shape index (κ3) is 1.50. The largest absolute Gasteiger partial charge is 0.395 e. The lowest BCUT2D eigenvalue weighted by Crippen LogP contribution is -2.49. The van der Waals surface area contributed by atoms with Gasteiger partial charge in [0.15, 0.2) is 0 Å². The second-order valence-corrected chi connectivity index (χ2v) is 6.15. The number of aliphatic hydroxyl groups is 1. The van der Waals surface area contributed by atoms with Crippen molar-refractivity contribution in [3.05, 3.63) is 29.3 Å². The maximum Gasteiger partial charge on any atom is 0.236 e. The Balaban J connectivity index is 2.11. The number of benzene rings is 1. The molecule has 0 bridgehead atoms. The molecule has 0 aliphatic carbocycles. The zero-order valence-electron chi connectivity index (χ0n) is 11.6. The van der Waals surface area contributed by atoms with E-state index in [1.54, 1.807) is 4.90 Å². The molecule has 1 aromatic rings. The van der Waals surface area contributed by atoms with Gasteiger partial charge in [0.2, 0.25) is 5.91 Å². The number of hydrogen-bond acceptors (Lipinski definition) is 3. The number of likely N-dealkylation sites (N-methyl/N-ethyl adjacent to an activating group) is 1. The van der Waals surface area contributed by atoms with E-state index >= 15 is 0 Å². The molecule has 1 fully saturated rings. The number of carbonyl (C=O) groups is 1. The number of carbonyl (C=O) groups excluding carboxylic acids is 1. The van der Waals surface area contributed by atoms with Crippen LogP contribution < -0.4 is 4.90 Å². The summed E-state index contributed by atoms with van der Waals surface area (Å²) in [5, 5.41) is 9.62. The fourth-order valence-corrected chi connectivity index (χ4v) is 3.00. The SMILES string of the molecule is CN1C(=O)C(C)(C)c2cc(C3(CO)COC3)ccc21. The van der Waals surface area contributed by atoms with Gasteiger partial charge in [-0.25, -0.2) is 0 Å². The zero-order chi connectivity index (χ0) is 13.8. The number of amides is 1. The van der Waals surface area contributed by atoms with Crippen LogP contribution in [0.25, 0.3) is 0 Å². The number of nitrogens with zero attached hydrogens (tertiary/aromatic N) is 1. The van der Waals surface area contributed by atoms with Crippen LogP contribution in [0.2, 0.25) is 0 Å². The first-order valence-corrected chi connectivity index (χ1v) is 6.54. The van der Waals surface area contributed by atoms with Gasteiger partial charge in [-0.05, 0) is 31.0 Å². The highest BCUT2D eigenvalue weighted by Gasteiger charge is 2.45. The fraction of sp³-hybridized carbons (Fsp3) is 0.533. The van der Waals surface area contributed by atoms with Gasteiger partial charge in [-0.3, -0.25) is 4.79 Å². The summed E-state index contributed by atoms with van der Waals surface area (Å²) in [6.45, 7) is 5.07. The molecule has 0 atom stereocenters. The van der Waals surface area contributed by atoms with Crippen LogP contribution in [0, 0.1) is 0 Å². The van der Waals surface area contributed by atoms with Crippen molar-refractivity contribution in [3.8, 4) is 0 Å². The molecule has 0 radical (unpaired) electrons. The maximum atomic E-state index is 12.2. The first-order valence-electron chi connectivity index (χ1n) is 6.54. The van der Waals surface area contributed by atoms with Crippen molar-refractivity contribution >= 4 is 11.6 Å². The molecule has 0 spiro atoms. The second-order valence-electron chi connectivity index (χ2n) is 6.15. The van der Waals surface area contributed by atoms with Crippen molar-refractivity contribution in [2.45, 2.75) is 24.7 Å². The molecule has 1 saturated heterocycles. The normalized spacial score (nSPS) is 23.2. The Morgan fingerprint density at radius 2 is 2.05 bits per heavy atom. The predicted molar refractivity (Wildman–Crippen MR) is 72.5 cm³/mol. The fourth-order valence-electron chi connectivity index (χ4n) is 3.00. The summed E-state index contributed by atoms with van der Waals surface area (Å²) in [7, 11) is 1.81. The van der Waals surface area contributed by atoms with E-state index in [1.807, 2.05) is 33.0 Å². The Labute approximate surface area is 113 Å². The third-order valence-electron chi connectivity index (χ3n) is 4.54. The van der Waals surface area contributed by atoms with Gasteiger partial charge in [-0.2, -0.15) is 0 Å². The van der Waals surface area contributed by atoms with Gasteiger partial charge in [0, 0.05) is 12.7 Å². The molecule has 4 nitrogen and oxygen atoms in total. The van der Waals surface area contributed by atoms with Gasteiger partial charge in [0.05, 0.1) is 30.7 Å². The van der Waals surface area contributed by atoms with Crippen molar-refractivity contribution in [1.29, 1.82) is 0 Å². The number of ether oxygens (including phenoxy) is 1. The highest BCUT2D eigenvalue weighted by atomic mass is 16.5.